The molecule has 1 N–H and O–H groups in total. The molecule has 6 heteroatoms. The summed E-state index contributed by atoms with van der Waals surface area (Å²) in [4.78, 5) is 15.5. The van der Waals surface area contributed by atoms with Gasteiger partial charge in [-0.1, -0.05) is 6.07 Å². The lowest BCUT2D eigenvalue weighted by Gasteiger charge is -2.25. The number of carbonyl (C=O) groups excluding carboxylic acids is 1. The third kappa shape index (κ3) is 3.87. The number of ether oxygens (including phenoxy) is 2. The van der Waals surface area contributed by atoms with Gasteiger partial charge in [0.05, 0.1) is 40.6 Å². The van der Waals surface area contributed by atoms with Crippen molar-refractivity contribution in [1.82, 2.24) is 4.90 Å². The van der Waals surface area contributed by atoms with Crippen molar-refractivity contribution in [3.63, 3.8) is 0 Å². The predicted molar refractivity (Wildman–Crippen MR) is 88.8 cm³/mol. The zero-order chi connectivity index (χ0) is 16.1. The van der Waals surface area contributed by atoms with Crippen molar-refractivity contribution in [2.24, 2.45) is 0 Å². The monoisotopic (exact) mass is 325 g/mol. The summed E-state index contributed by atoms with van der Waals surface area (Å²) in [5, 5.41) is 0.0736. The summed E-state index contributed by atoms with van der Waals surface area (Å²) in [6.45, 7) is 1.86. The highest BCUT2D eigenvalue weighted by atomic mass is 32.2. The van der Waals surface area contributed by atoms with Gasteiger partial charge < -0.3 is 19.3 Å². The van der Waals surface area contributed by atoms with Crippen LogP contribution in [0.3, 0.4) is 0 Å². The topological polar surface area (TPSA) is 43.2 Å². The Kier molecular flexibility index (Phi) is 5.97. The van der Waals surface area contributed by atoms with Gasteiger partial charge in [-0.2, -0.15) is 0 Å². The molecule has 0 unspecified atom stereocenters. The van der Waals surface area contributed by atoms with Crippen LogP contribution in [0, 0.1) is 0 Å². The first-order chi connectivity index (χ1) is 10.6. The number of benzene rings is 1. The standard InChI is InChI=1S/C16H24N2O3S/c1-17(2)8-5-9-18-15(19)11-22-16(18)12-6-7-13(20-3)14(10-12)21-4/h6-7,10,16H,5,8-9,11H2,1-4H3/p+1/t16-/m1/s1. The third-order valence-corrected chi connectivity index (χ3v) is 4.99. The molecule has 1 amide bonds. The second kappa shape index (κ2) is 7.74. The highest BCUT2D eigenvalue weighted by Crippen LogP contribution is 2.41. The minimum absolute atomic E-state index is 0.0736. The second-order valence-corrected chi connectivity index (χ2v) is 6.74. The minimum atomic E-state index is 0.0736. The number of hydrogen-bond donors (Lipinski definition) is 1. The Morgan fingerprint density at radius 1 is 1.27 bits per heavy atom. The molecule has 1 saturated heterocycles. The van der Waals surface area contributed by atoms with Crippen LogP contribution in [0.2, 0.25) is 0 Å². The van der Waals surface area contributed by atoms with E-state index in [-0.39, 0.29) is 11.3 Å². The van der Waals surface area contributed by atoms with Crippen LogP contribution in [0.1, 0.15) is 17.4 Å². The quantitative estimate of drug-likeness (QED) is 0.806. The lowest BCUT2D eigenvalue weighted by Crippen LogP contribution is -3.05. The Balaban J connectivity index is 2.13. The summed E-state index contributed by atoms with van der Waals surface area (Å²) in [6.07, 6.45) is 1.01. The number of nitrogens with zero attached hydrogens (tertiary/aromatic N) is 1. The lowest BCUT2D eigenvalue weighted by atomic mass is 10.1. The van der Waals surface area contributed by atoms with E-state index in [1.807, 2.05) is 23.1 Å². The highest BCUT2D eigenvalue weighted by Gasteiger charge is 2.32. The molecule has 1 heterocycles. The number of methoxy groups -OCH3 is 2. The molecule has 22 heavy (non-hydrogen) atoms. The van der Waals surface area contributed by atoms with Gasteiger partial charge in [0.1, 0.15) is 5.37 Å². The third-order valence-electron chi connectivity index (χ3n) is 3.74. The molecule has 0 bridgehead atoms. The van der Waals surface area contributed by atoms with E-state index in [4.69, 9.17) is 9.47 Å². The zero-order valence-corrected chi connectivity index (χ0v) is 14.5. The van der Waals surface area contributed by atoms with Gasteiger partial charge in [0.25, 0.3) is 0 Å². The van der Waals surface area contributed by atoms with Crippen LogP contribution in [0.4, 0.5) is 0 Å². The summed E-state index contributed by atoms with van der Waals surface area (Å²) in [7, 11) is 7.52. The first kappa shape index (κ1) is 17.0. The van der Waals surface area contributed by atoms with Gasteiger partial charge in [-0.15, -0.1) is 11.8 Å². The van der Waals surface area contributed by atoms with Crippen molar-refractivity contribution >= 4 is 17.7 Å². The van der Waals surface area contributed by atoms with E-state index < -0.39 is 0 Å². The number of amides is 1. The number of nitrogens with one attached hydrogen (secondary N) is 1. The van der Waals surface area contributed by atoms with Gasteiger partial charge in [0, 0.05) is 13.0 Å². The van der Waals surface area contributed by atoms with Gasteiger partial charge in [0.2, 0.25) is 5.91 Å². The highest BCUT2D eigenvalue weighted by molar-refractivity contribution is 8.00. The average molecular weight is 325 g/mol. The molecule has 122 valence electrons. The van der Waals surface area contributed by atoms with Crippen LogP contribution < -0.4 is 14.4 Å². The number of quaternary nitrogens is 1. The number of rotatable bonds is 7. The fourth-order valence-electron chi connectivity index (χ4n) is 2.58. The fraction of sp³-hybridized carbons (Fsp3) is 0.562. The number of carbonyl (C=O) groups is 1. The SMILES string of the molecule is COc1ccc([C@H]2SCC(=O)N2CCC[NH+](C)C)cc1OC. The maximum Gasteiger partial charge on any atom is 0.233 e. The largest absolute Gasteiger partial charge is 0.493 e. The van der Waals surface area contributed by atoms with E-state index in [0.717, 1.165) is 25.1 Å². The first-order valence-electron chi connectivity index (χ1n) is 7.49. The molecule has 0 aromatic heterocycles. The Hall–Kier alpha value is -1.40. The van der Waals surface area contributed by atoms with Crippen LogP contribution in [0.5, 0.6) is 11.5 Å². The molecule has 1 aliphatic heterocycles. The van der Waals surface area contributed by atoms with Crippen LogP contribution in [0.25, 0.3) is 0 Å². The smallest absolute Gasteiger partial charge is 0.233 e. The van der Waals surface area contributed by atoms with E-state index in [1.54, 1.807) is 26.0 Å². The molecule has 0 spiro atoms. The van der Waals surface area contributed by atoms with E-state index in [9.17, 15) is 4.79 Å². The van der Waals surface area contributed by atoms with E-state index in [1.165, 1.54) is 4.90 Å². The molecular formula is C16H25N2O3S+. The summed E-state index contributed by atoms with van der Waals surface area (Å²) >= 11 is 1.68. The summed E-state index contributed by atoms with van der Waals surface area (Å²) in [5.74, 6) is 2.19. The summed E-state index contributed by atoms with van der Waals surface area (Å²) < 4.78 is 10.6. The van der Waals surface area contributed by atoms with Gasteiger partial charge in [-0.05, 0) is 17.7 Å². The molecule has 0 saturated carbocycles. The molecule has 0 aliphatic carbocycles. The van der Waals surface area contributed by atoms with E-state index >= 15 is 0 Å². The van der Waals surface area contributed by atoms with Crippen LogP contribution in [-0.2, 0) is 4.79 Å². The second-order valence-electron chi connectivity index (χ2n) is 5.68. The maximum atomic E-state index is 12.2. The number of thioether (sulfide) groups is 1. The molecule has 1 aromatic rings. The van der Waals surface area contributed by atoms with Crippen molar-refractivity contribution in [1.29, 1.82) is 0 Å². The predicted octanol–water partition coefficient (Wildman–Crippen LogP) is 0.812. The lowest BCUT2D eigenvalue weighted by molar-refractivity contribution is -0.858. The maximum absolute atomic E-state index is 12.2. The summed E-state index contributed by atoms with van der Waals surface area (Å²) in [5.41, 5.74) is 1.09. The zero-order valence-electron chi connectivity index (χ0n) is 13.7. The Bertz CT molecular complexity index is 522. The van der Waals surface area contributed by atoms with Crippen molar-refractivity contribution in [3.8, 4) is 11.5 Å². The normalized spacial score (nSPS) is 18.1. The Morgan fingerprint density at radius 2 is 2.00 bits per heavy atom. The molecule has 1 atom stereocenters. The Morgan fingerprint density at radius 3 is 2.64 bits per heavy atom. The average Bonchev–Trinajstić information content (AvgIpc) is 2.87. The molecule has 1 aliphatic rings. The van der Waals surface area contributed by atoms with Gasteiger partial charge >= 0.3 is 0 Å². The van der Waals surface area contributed by atoms with Crippen molar-refractivity contribution in [2.75, 3.05) is 47.2 Å². The molecule has 5 nitrogen and oxygen atoms in total. The van der Waals surface area contributed by atoms with Crippen LogP contribution >= 0.6 is 11.8 Å². The molecule has 0 radical (unpaired) electrons. The van der Waals surface area contributed by atoms with E-state index in [0.29, 0.717) is 17.3 Å². The first-order valence-corrected chi connectivity index (χ1v) is 8.53. The van der Waals surface area contributed by atoms with Crippen molar-refractivity contribution in [3.05, 3.63) is 23.8 Å². The fourth-order valence-corrected chi connectivity index (χ4v) is 3.79. The Labute approximate surface area is 136 Å². The number of hydrogen-bond acceptors (Lipinski definition) is 4. The molecule has 1 fully saturated rings. The molecule has 2 rings (SSSR count). The van der Waals surface area contributed by atoms with Gasteiger partial charge in [0.15, 0.2) is 11.5 Å². The van der Waals surface area contributed by atoms with Gasteiger partial charge in [-0.25, -0.2) is 0 Å². The van der Waals surface area contributed by atoms with Crippen molar-refractivity contribution in [2.45, 2.75) is 11.8 Å². The molecule has 1 aromatic carbocycles. The van der Waals surface area contributed by atoms with Crippen molar-refractivity contribution < 1.29 is 19.2 Å². The van der Waals surface area contributed by atoms with E-state index in [2.05, 4.69) is 14.1 Å². The van der Waals surface area contributed by atoms with Gasteiger partial charge in [-0.3, -0.25) is 4.79 Å². The van der Waals surface area contributed by atoms with Crippen LogP contribution in [0.15, 0.2) is 18.2 Å². The summed E-state index contributed by atoms with van der Waals surface area (Å²) in [6, 6.07) is 5.89. The minimum Gasteiger partial charge on any atom is -0.493 e. The molecular weight excluding hydrogens is 300 g/mol. The van der Waals surface area contributed by atoms with Crippen LogP contribution in [-0.4, -0.2) is 58.0 Å².